The molecule has 0 radical (unpaired) electrons. The number of carbonyl (C=O) groups is 1. The van der Waals surface area contributed by atoms with Gasteiger partial charge in [-0.1, -0.05) is 60.2 Å². The van der Waals surface area contributed by atoms with Gasteiger partial charge in [-0.3, -0.25) is 4.79 Å². The maximum absolute atomic E-state index is 13.4. The lowest BCUT2D eigenvalue weighted by Gasteiger charge is -2.14. The fourth-order valence-electron chi connectivity index (χ4n) is 3.80. The minimum Gasteiger partial charge on any atom is -0.324 e. The van der Waals surface area contributed by atoms with Gasteiger partial charge in [0, 0.05) is 5.56 Å². The van der Waals surface area contributed by atoms with Crippen LogP contribution in [0, 0.1) is 6.92 Å². The van der Waals surface area contributed by atoms with E-state index in [-0.39, 0.29) is 17.8 Å². The SMILES string of the molecule is Cc1ccc(-c2sc(-c3ccccc3)nc2CC(=O)Nc2cc(C(F)(F)F)ccc2-n2cncn2)cc1. The van der Waals surface area contributed by atoms with E-state index in [1.807, 2.05) is 61.5 Å². The molecule has 0 aliphatic carbocycles. The number of alkyl halides is 3. The zero-order chi connectivity index (χ0) is 26.0. The molecular formula is C27H20F3N5OS. The molecule has 2 heterocycles. The minimum absolute atomic E-state index is 0.0271. The molecule has 0 saturated heterocycles. The number of carbonyl (C=O) groups excluding carboxylic acids is 1. The lowest BCUT2D eigenvalue weighted by atomic mass is 10.1. The van der Waals surface area contributed by atoms with Gasteiger partial charge in [0.2, 0.25) is 5.91 Å². The first kappa shape index (κ1) is 24.4. The molecule has 5 aromatic rings. The van der Waals surface area contributed by atoms with Crippen molar-refractivity contribution in [2.24, 2.45) is 0 Å². The molecule has 2 aromatic heterocycles. The summed E-state index contributed by atoms with van der Waals surface area (Å²) < 4.78 is 41.5. The Kier molecular flexibility index (Phi) is 6.58. The molecule has 0 aliphatic rings. The predicted molar refractivity (Wildman–Crippen MR) is 136 cm³/mol. The molecule has 6 nitrogen and oxygen atoms in total. The van der Waals surface area contributed by atoms with Crippen LogP contribution in [0.2, 0.25) is 0 Å². The smallest absolute Gasteiger partial charge is 0.324 e. The van der Waals surface area contributed by atoms with Gasteiger partial charge < -0.3 is 5.32 Å². The number of nitrogens with zero attached hydrogens (tertiary/aromatic N) is 4. The van der Waals surface area contributed by atoms with Crippen molar-refractivity contribution in [1.29, 1.82) is 0 Å². The molecule has 1 N–H and O–H groups in total. The van der Waals surface area contributed by atoms with Crippen LogP contribution in [0.5, 0.6) is 0 Å². The summed E-state index contributed by atoms with van der Waals surface area (Å²) in [4.78, 5) is 22.6. The topological polar surface area (TPSA) is 72.7 Å². The quantitative estimate of drug-likeness (QED) is 0.276. The maximum atomic E-state index is 13.4. The molecule has 0 spiro atoms. The van der Waals surface area contributed by atoms with E-state index in [0.29, 0.717) is 5.69 Å². The number of benzene rings is 3. The summed E-state index contributed by atoms with van der Waals surface area (Å²) in [7, 11) is 0. The number of anilines is 1. The van der Waals surface area contributed by atoms with Crippen LogP contribution in [0.4, 0.5) is 18.9 Å². The fourth-order valence-corrected chi connectivity index (χ4v) is 4.89. The molecule has 0 saturated carbocycles. The van der Waals surface area contributed by atoms with E-state index in [4.69, 9.17) is 4.98 Å². The van der Waals surface area contributed by atoms with Crippen molar-refractivity contribution >= 4 is 22.9 Å². The van der Waals surface area contributed by atoms with E-state index in [1.165, 1.54) is 34.7 Å². The first-order valence-electron chi connectivity index (χ1n) is 11.3. The van der Waals surface area contributed by atoms with Gasteiger partial charge >= 0.3 is 6.18 Å². The van der Waals surface area contributed by atoms with Crippen molar-refractivity contribution in [3.05, 3.63) is 102 Å². The van der Waals surface area contributed by atoms with E-state index in [9.17, 15) is 18.0 Å². The standard InChI is InChI=1S/C27H20F3N5OS/c1-17-7-9-18(10-8-17)25-22(34-26(37-25)19-5-3-2-4-6-19)14-24(36)33-21-13-20(27(28,29)30)11-12-23(21)35-16-31-15-32-35/h2-13,15-16H,14H2,1H3,(H,33,36). The van der Waals surface area contributed by atoms with Gasteiger partial charge in [0.25, 0.3) is 0 Å². The van der Waals surface area contributed by atoms with Crippen molar-refractivity contribution in [2.45, 2.75) is 19.5 Å². The van der Waals surface area contributed by atoms with E-state index in [0.717, 1.165) is 38.7 Å². The van der Waals surface area contributed by atoms with Crippen LogP contribution in [0.15, 0.2) is 85.5 Å². The van der Waals surface area contributed by atoms with Gasteiger partial charge in [0.1, 0.15) is 17.7 Å². The number of aryl methyl sites for hydroxylation is 1. The molecule has 5 rings (SSSR count). The number of amides is 1. The summed E-state index contributed by atoms with van der Waals surface area (Å²) in [5, 5.41) is 7.38. The normalized spacial score (nSPS) is 11.5. The highest BCUT2D eigenvalue weighted by Crippen LogP contribution is 2.37. The van der Waals surface area contributed by atoms with Crippen LogP contribution in [-0.2, 0) is 17.4 Å². The van der Waals surface area contributed by atoms with E-state index in [1.54, 1.807) is 0 Å². The Hall–Kier alpha value is -4.31. The number of halogens is 3. The van der Waals surface area contributed by atoms with Crippen LogP contribution in [0.25, 0.3) is 26.7 Å². The third-order valence-corrected chi connectivity index (χ3v) is 6.82. The molecule has 3 aromatic carbocycles. The maximum Gasteiger partial charge on any atom is 0.416 e. The molecule has 10 heteroatoms. The van der Waals surface area contributed by atoms with Crippen molar-refractivity contribution in [2.75, 3.05) is 5.32 Å². The van der Waals surface area contributed by atoms with Gasteiger partial charge in [-0.2, -0.15) is 18.3 Å². The highest BCUT2D eigenvalue weighted by molar-refractivity contribution is 7.18. The lowest BCUT2D eigenvalue weighted by molar-refractivity contribution is -0.137. The number of thiazole rings is 1. The highest BCUT2D eigenvalue weighted by atomic mass is 32.1. The summed E-state index contributed by atoms with van der Waals surface area (Å²) >= 11 is 1.46. The van der Waals surface area contributed by atoms with Crippen molar-refractivity contribution < 1.29 is 18.0 Å². The number of aromatic nitrogens is 4. The van der Waals surface area contributed by atoms with Crippen LogP contribution in [0.1, 0.15) is 16.8 Å². The Balaban J connectivity index is 1.49. The number of rotatable bonds is 6. The monoisotopic (exact) mass is 519 g/mol. The van der Waals surface area contributed by atoms with E-state index >= 15 is 0 Å². The predicted octanol–water partition coefficient (Wildman–Crippen LogP) is 6.57. The van der Waals surface area contributed by atoms with Crippen LogP contribution in [-0.4, -0.2) is 25.7 Å². The fraction of sp³-hybridized carbons (Fsp3) is 0.111. The zero-order valence-corrected chi connectivity index (χ0v) is 20.3. The number of hydrogen-bond acceptors (Lipinski definition) is 5. The largest absolute Gasteiger partial charge is 0.416 e. The highest BCUT2D eigenvalue weighted by Gasteiger charge is 2.31. The summed E-state index contributed by atoms with van der Waals surface area (Å²) in [6.45, 7) is 1.99. The van der Waals surface area contributed by atoms with E-state index < -0.39 is 17.6 Å². The molecule has 0 bridgehead atoms. The van der Waals surface area contributed by atoms with Gasteiger partial charge in [-0.15, -0.1) is 11.3 Å². The van der Waals surface area contributed by atoms with Gasteiger partial charge in [0.15, 0.2) is 0 Å². The molecule has 0 atom stereocenters. The van der Waals surface area contributed by atoms with Gasteiger partial charge in [0.05, 0.1) is 33.9 Å². The summed E-state index contributed by atoms with van der Waals surface area (Å²) in [5.74, 6) is -0.501. The third kappa shape index (κ3) is 5.44. The first-order valence-corrected chi connectivity index (χ1v) is 12.1. The number of nitrogens with one attached hydrogen (secondary N) is 1. The average molecular weight is 520 g/mol. The summed E-state index contributed by atoms with van der Waals surface area (Å²) in [6, 6.07) is 20.6. The Bertz CT molecular complexity index is 1530. The van der Waals surface area contributed by atoms with Gasteiger partial charge in [-0.05, 0) is 30.7 Å². The average Bonchev–Trinajstić information content (AvgIpc) is 3.55. The lowest BCUT2D eigenvalue weighted by Crippen LogP contribution is -2.18. The third-order valence-electron chi connectivity index (χ3n) is 5.62. The van der Waals surface area contributed by atoms with Crippen LogP contribution < -0.4 is 5.32 Å². The van der Waals surface area contributed by atoms with E-state index in [2.05, 4.69) is 15.4 Å². The molecule has 0 unspecified atom stereocenters. The summed E-state index contributed by atoms with van der Waals surface area (Å²) in [5.41, 5.74) is 2.82. The second-order valence-electron chi connectivity index (χ2n) is 8.32. The van der Waals surface area contributed by atoms with Crippen molar-refractivity contribution in [1.82, 2.24) is 19.7 Å². The molecule has 186 valence electrons. The van der Waals surface area contributed by atoms with Crippen molar-refractivity contribution in [3.63, 3.8) is 0 Å². The summed E-state index contributed by atoms with van der Waals surface area (Å²) in [6.07, 6.45) is -2.09. The van der Waals surface area contributed by atoms with Crippen molar-refractivity contribution in [3.8, 4) is 26.7 Å². The molecule has 1 amide bonds. The Morgan fingerprint density at radius 3 is 2.43 bits per heavy atom. The Labute approximate surface area is 214 Å². The van der Waals surface area contributed by atoms with Crippen LogP contribution >= 0.6 is 11.3 Å². The molecular weight excluding hydrogens is 499 g/mol. The Morgan fingerprint density at radius 2 is 1.76 bits per heavy atom. The molecule has 0 aliphatic heterocycles. The minimum atomic E-state index is -4.57. The second-order valence-corrected chi connectivity index (χ2v) is 9.32. The molecule has 0 fully saturated rings. The second kappa shape index (κ2) is 9.98. The Morgan fingerprint density at radius 1 is 1.00 bits per heavy atom. The first-order chi connectivity index (χ1) is 17.8. The molecule has 37 heavy (non-hydrogen) atoms. The zero-order valence-electron chi connectivity index (χ0n) is 19.5. The number of hydrogen-bond donors (Lipinski definition) is 1. The van der Waals surface area contributed by atoms with Crippen LogP contribution in [0.3, 0.4) is 0 Å². The van der Waals surface area contributed by atoms with Gasteiger partial charge in [-0.25, -0.2) is 14.6 Å².